The summed E-state index contributed by atoms with van der Waals surface area (Å²) >= 11 is 6.44. The Morgan fingerprint density at radius 1 is 1.28 bits per heavy atom. The van der Waals surface area contributed by atoms with Crippen LogP contribution in [0, 0.1) is 11.8 Å². The summed E-state index contributed by atoms with van der Waals surface area (Å²) in [6, 6.07) is 0. The van der Waals surface area contributed by atoms with Gasteiger partial charge in [-0.1, -0.05) is 32.4 Å². The van der Waals surface area contributed by atoms with Crippen molar-refractivity contribution in [2.24, 2.45) is 11.8 Å². The Morgan fingerprint density at radius 2 is 1.94 bits per heavy atom. The van der Waals surface area contributed by atoms with E-state index in [9.17, 15) is 0 Å². The van der Waals surface area contributed by atoms with E-state index in [2.05, 4.69) is 42.8 Å². The minimum absolute atomic E-state index is 0.599. The molecule has 0 aromatic carbocycles. The van der Waals surface area contributed by atoms with Crippen molar-refractivity contribution in [3.8, 4) is 0 Å². The first kappa shape index (κ1) is 15.5. The Balaban J connectivity index is 2.85. The Hall–Kier alpha value is -0.540. The van der Waals surface area contributed by atoms with Gasteiger partial charge in [0, 0.05) is 6.54 Å². The van der Waals surface area contributed by atoms with Crippen LogP contribution in [0.5, 0.6) is 0 Å². The Labute approximate surface area is 116 Å². The highest BCUT2D eigenvalue weighted by molar-refractivity contribution is 6.31. The van der Waals surface area contributed by atoms with E-state index in [1.807, 2.05) is 7.05 Å². The molecule has 1 heterocycles. The molecule has 4 heteroatoms. The molecule has 3 nitrogen and oxygen atoms in total. The molecule has 2 atom stereocenters. The highest BCUT2D eigenvalue weighted by Crippen LogP contribution is 2.26. The summed E-state index contributed by atoms with van der Waals surface area (Å²) < 4.78 is 2.06. The fraction of sp³-hybridized carbons (Fsp3) is 0.786. The molecule has 1 rings (SSSR count). The number of halogens is 1. The summed E-state index contributed by atoms with van der Waals surface area (Å²) in [7, 11) is 2.00. The number of hydrogen-bond donors (Lipinski definition) is 1. The highest BCUT2D eigenvalue weighted by Gasteiger charge is 2.19. The number of rotatable bonds is 7. The maximum absolute atomic E-state index is 6.44. The summed E-state index contributed by atoms with van der Waals surface area (Å²) in [5.74, 6) is 1.23. The number of aromatic nitrogens is 2. The Kier molecular flexibility index (Phi) is 6.16. The van der Waals surface area contributed by atoms with Crippen LogP contribution in [0.2, 0.25) is 5.02 Å². The zero-order chi connectivity index (χ0) is 13.7. The van der Waals surface area contributed by atoms with Crippen LogP contribution in [0.3, 0.4) is 0 Å². The fourth-order valence-corrected chi connectivity index (χ4v) is 2.59. The molecule has 1 aromatic rings. The third-order valence-corrected chi connectivity index (χ3v) is 4.14. The van der Waals surface area contributed by atoms with Crippen LogP contribution in [0.1, 0.15) is 39.1 Å². The normalized spacial score (nSPS) is 14.8. The Bertz CT molecular complexity index is 373. The monoisotopic (exact) mass is 271 g/mol. The van der Waals surface area contributed by atoms with E-state index in [1.54, 1.807) is 0 Å². The van der Waals surface area contributed by atoms with Gasteiger partial charge in [-0.25, -0.2) is 0 Å². The maximum Gasteiger partial charge on any atom is 0.0849 e. The molecule has 0 saturated heterocycles. The molecule has 0 fully saturated rings. The van der Waals surface area contributed by atoms with Gasteiger partial charge >= 0.3 is 0 Å². The van der Waals surface area contributed by atoms with Gasteiger partial charge < -0.3 is 5.32 Å². The van der Waals surface area contributed by atoms with Gasteiger partial charge in [0.05, 0.1) is 16.4 Å². The third-order valence-electron chi connectivity index (χ3n) is 3.71. The lowest BCUT2D eigenvalue weighted by molar-refractivity contribution is 0.366. The number of nitrogens with one attached hydrogen (secondary N) is 1. The molecule has 0 aliphatic heterocycles. The van der Waals surface area contributed by atoms with Crippen molar-refractivity contribution in [2.45, 2.75) is 47.1 Å². The van der Waals surface area contributed by atoms with Crippen LogP contribution in [-0.2, 0) is 19.4 Å². The summed E-state index contributed by atoms with van der Waals surface area (Å²) in [6.07, 6.45) is 1.90. The van der Waals surface area contributed by atoms with Gasteiger partial charge in [-0.2, -0.15) is 5.10 Å². The minimum Gasteiger partial charge on any atom is -0.319 e. The highest BCUT2D eigenvalue weighted by atomic mass is 35.5. The van der Waals surface area contributed by atoms with Crippen LogP contribution in [-0.4, -0.2) is 23.4 Å². The molecule has 0 amide bonds. The van der Waals surface area contributed by atoms with Crippen molar-refractivity contribution in [1.29, 1.82) is 0 Å². The second-order valence-corrected chi connectivity index (χ2v) is 5.47. The van der Waals surface area contributed by atoms with E-state index in [4.69, 9.17) is 11.6 Å². The third kappa shape index (κ3) is 3.48. The van der Waals surface area contributed by atoms with E-state index in [-0.39, 0.29) is 0 Å². The molecule has 104 valence electrons. The van der Waals surface area contributed by atoms with Crippen molar-refractivity contribution < 1.29 is 0 Å². The van der Waals surface area contributed by atoms with Gasteiger partial charge in [0.25, 0.3) is 0 Å². The van der Waals surface area contributed by atoms with Crippen molar-refractivity contribution in [3.05, 3.63) is 16.4 Å². The molecule has 0 saturated carbocycles. The first-order valence-electron chi connectivity index (χ1n) is 6.93. The zero-order valence-electron chi connectivity index (χ0n) is 12.3. The molecule has 0 bridgehead atoms. The molecule has 1 N–H and O–H groups in total. The molecule has 0 spiro atoms. The van der Waals surface area contributed by atoms with Crippen LogP contribution < -0.4 is 5.32 Å². The van der Waals surface area contributed by atoms with Crippen LogP contribution in [0.15, 0.2) is 0 Å². The van der Waals surface area contributed by atoms with Crippen LogP contribution in [0.4, 0.5) is 0 Å². The molecular weight excluding hydrogens is 246 g/mol. The Morgan fingerprint density at radius 3 is 2.44 bits per heavy atom. The van der Waals surface area contributed by atoms with E-state index >= 15 is 0 Å². The summed E-state index contributed by atoms with van der Waals surface area (Å²) in [5, 5.41) is 8.69. The molecule has 0 aliphatic carbocycles. The number of hydrogen-bond acceptors (Lipinski definition) is 2. The first-order valence-corrected chi connectivity index (χ1v) is 7.31. The molecule has 0 radical (unpaired) electrons. The lowest BCUT2D eigenvalue weighted by atomic mass is 9.91. The van der Waals surface area contributed by atoms with Crippen molar-refractivity contribution in [3.63, 3.8) is 0 Å². The number of nitrogens with zero attached hydrogens (tertiary/aromatic N) is 2. The summed E-state index contributed by atoms with van der Waals surface area (Å²) in [5.41, 5.74) is 2.23. The molecule has 2 unspecified atom stereocenters. The van der Waals surface area contributed by atoms with Gasteiger partial charge in [0.1, 0.15) is 0 Å². The van der Waals surface area contributed by atoms with Gasteiger partial charge in [-0.3, -0.25) is 4.68 Å². The standard InChI is InChI=1S/C14H26ClN3/c1-6-12-14(15)13(18(7-2)17-12)8-10(3)11(4)9-16-5/h10-11,16H,6-9H2,1-5H3. The van der Waals surface area contributed by atoms with Crippen LogP contribution in [0.25, 0.3) is 0 Å². The summed E-state index contributed by atoms with van der Waals surface area (Å²) in [4.78, 5) is 0. The molecule has 18 heavy (non-hydrogen) atoms. The second-order valence-electron chi connectivity index (χ2n) is 5.09. The van der Waals surface area contributed by atoms with Gasteiger partial charge in [0.2, 0.25) is 0 Å². The topological polar surface area (TPSA) is 29.9 Å². The molecule has 0 aliphatic rings. The largest absolute Gasteiger partial charge is 0.319 e. The van der Waals surface area contributed by atoms with Crippen molar-refractivity contribution in [1.82, 2.24) is 15.1 Å². The van der Waals surface area contributed by atoms with E-state index in [0.29, 0.717) is 11.8 Å². The SMILES string of the molecule is CCc1nn(CC)c(CC(C)C(C)CNC)c1Cl. The minimum atomic E-state index is 0.599. The van der Waals surface area contributed by atoms with E-state index in [1.165, 1.54) is 5.69 Å². The molecule has 1 aromatic heterocycles. The average Bonchev–Trinajstić information content (AvgIpc) is 2.66. The van der Waals surface area contributed by atoms with E-state index in [0.717, 1.165) is 36.6 Å². The van der Waals surface area contributed by atoms with Gasteiger partial charge in [-0.05, 0) is 45.2 Å². The van der Waals surface area contributed by atoms with Crippen molar-refractivity contribution in [2.75, 3.05) is 13.6 Å². The van der Waals surface area contributed by atoms with Gasteiger partial charge in [0.15, 0.2) is 0 Å². The first-order chi connectivity index (χ1) is 8.54. The molecular formula is C14H26ClN3. The zero-order valence-corrected chi connectivity index (χ0v) is 13.0. The predicted octanol–water partition coefficient (Wildman–Crippen LogP) is 3.15. The predicted molar refractivity (Wildman–Crippen MR) is 78.2 cm³/mol. The van der Waals surface area contributed by atoms with E-state index < -0.39 is 0 Å². The van der Waals surface area contributed by atoms with Gasteiger partial charge in [-0.15, -0.1) is 0 Å². The lowest BCUT2D eigenvalue weighted by Crippen LogP contribution is -2.24. The smallest absolute Gasteiger partial charge is 0.0849 e. The quantitative estimate of drug-likeness (QED) is 0.826. The summed E-state index contributed by atoms with van der Waals surface area (Å²) in [6.45, 7) is 10.7. The second kappa shape index (κ2) is 7.15. The van der Waals surface area contributed by atoms with Crippen molar-refractivity contribution >= 4 is 11.6 Å². The maximum atomic E-state index is 6.44. The lowest BCUT2D eigenvalue weighted by Gasteiger charge is -2.20. The number of aryl methyl sites for hydroxylation is 2. The average molecular weight is 272 g/mol. The van der Waals surface area contributed by atoms with Crippen LogP contribution >= 0.6 is 11.6 Å². The fourth-order valence-electron chi connectivity index (χ4n) is 2.24.